The summed E-state index contributed by atoms with van der Waals surface area (Å²) in [4.78, 5) is 10.9. The largest absolute Gasteiger partial charge is 0.495 e. The second-order valence-electron chi connectivity index (χ2n) is 4.79. The van der Waals surface area contributed by atoms with Crippen LogP contribution in [0.25, 0.3) is 0 Å². The van der Waals surface area contributed by atoms with Crippen molar-refractivity contribution in [2.45, 2.75) is 33.1 Å². The molecule has 4 heteroatoms. The normalized spacial score (nSPS) is 12.6. The van der Waals surface area contributed by atoms with E-state index in [4.69, 9.17) is 21.4 Å². The van der Waals surface area contributed by atoms with Gasteiger partial charge in [-0.1, -0.05) is 38.4 Å². The van der Waals surface area contributed by atoms with E-state index >= 15 is 0 Å². The summed E-state index contributed by atoms with van der Waals surface area (Å²) in [6.45, 7) is 5.82. The molecular weight excluding hydrogens is 252 g/mol. The van der Waals surface area contributed by atoms with E-state index in [9.17, 15) is 4.79 Å². The molecule has 0 heterocycles. The van der Waals surface area contributed by atoms with Crippen molar-refractivity contribution in [2.75, 3.05) is 7.11 Å². The highest BCUT2D eigenvalue weighted by Gasteiger charge is 2.18. The molecule has 0 aromatic heterocycles. The maximum Gasteiger partial charge on any atom is 0.306 e. The minimum absolute atomic E-state index is 0.340. The molecule has 0 bridgehead atoms. The van der Waals surface area contributed by atoms with E-state index in [1.54, 1.807) is 14.0 Å². The van der Waals surface area contributed by atoms with Crippen molar-refractivity contribution in [3.63, 3.8) is 0 Å². The average molecular weight is 271 g/mol. The van der Waals surface area contributed by atoms with Crippen molar-refractivity contribution in [1.82, 2.24) is 0 Å². The quantitative estimate of drug-likeness (QED) is 0.887. The number of ether oxygens (including phenoxy) is 1. The molecule has 18 heavy (non-hydrogen) atoms. The standard InChI is InChI=1S/C14H19ClO3/c1-8(2)10-6-11(5-9(3)14(16)17)13(18-4)12(15)7-10/h6-9H,5H2,1-4H3,(H,16,17). The Kier molecular flexibility index (Phi) is 5.03. The molecule has 0 saturated carbocycles. The molecule has 3 nitrogen and oxygen atoms in total. The van der Waals surface area contributed by atoms with Crippen LogP contribution in [0.5, 0.6) is 5.75 Å². The van der Waals surface area contributed by atoms with Crippen LogP contribution in [0.1, 0.15) is 37.8 Å². The van der Waals surface area contributed by atoms with E-state index in [0.717, 1.165) is 11.1 Å². The lowest BCUT2D eigenvalue weighted by atomic mass is 9.95. The number of hydrogen-bond acceptors (Lipinski definition) is 2. The lowest BCUT2D eigenvalue weighted by molar-refractivity contribution is -0.141. The Labute approximate surface area is 113 Å². The lowest BCUT2D eigenvalue weighted by Gasteiger charge is -2.16. The Balaban J connectivity index is 3.17. The van der Waals surface area contributed by atoms with Gasteiger partial charge in [-0.3, -0.25) is 4.79 Å². The molecule has 0 spiro atoms. The maximum atomic E-state index is 10.9. The van der Waals surface area contributed by atoms with Crippen molar-refractivity contribution in [3.8, 4) is 5.75 Å². The van der Waals surface area contributed by atoms with E-state index in [1.165, 1.54) is 0 Å². The average Bonchev–Trinajstić information content (AvgIpc) is 2.28. The number of carboxylic acid groups (broad SMARTS) is 1. The Bertz CT molecular complexity index is 441. The van der Waals surface area contributed by atoms with Crippen LogP contribution in [-0.2, 0) is 11.2 Å². The van der Waals surface area contributed by atoms with Crippen molar-refractivity contribution in [1.29, 1.82) is 0 Å². The molecular formula is C14H19ClO3. The summed E-state index contributed by atoms with van der Waals surface area (Å²) in [6, 6.07) is 3.86. The highest BCUT2D eigenvalue weighted by Crippen LogP contribution is 2.34. The number of methoxy groups -OCH3 is 1. The molecule has 0 radical (unpaired) electrons. The summed E-state index contributed by atoms with van der Waals surface area (Å²) in [6.07, 6.45) is 0.415. The number of hydrogen-bond donors (Lipinski definition) is 1. The predicted octanol–water partition coefficient (Wildman–Crippen LogP) is 3.74. The first-order chi connectivity index (χ1) is 8.36. The molecule has 0 fully saturated rings. The highest BCUT2D eigenvalue weighted by molar-refractivity contribution is 6.32. The van der Waals surface area contributed by atoms with E-state index in [-0.39, 0.29) is 0 Å². The van der Waals surface area contributed by atoms with Crippen LogP contribution in [0.3, 0.4) is 0 Å². The van der Waals surface area contributed by atoms with Gasteiger partial charge < -0.3 is 9.84 Å². The minimum Gasteiger partial charge on any atom is -0.495 e. The van der Waals surface area contributed by atoms with Crippen molar-refractivity contribution >= 4 is 17.6 Å². The summed E-state index contributed by atoms with van der Waals surface area (Å²) in [5.74, 6) is -0.359. The van der Waals surface area contributed by atoms with Crippen LogP contribution in [0.15, 0.2) is 12.1 Å². The zero-order valence-electron chi connectivity index (χ0n) is 11.2. The third kappa shape index (κ3) is 3.39. The van der Waals surface area contributed by atoms with Crippen LogP contribution >= 0.6 is 11.6 Å². The molecule has 1 rings (SSSR count). The summed E-state index contributed by atoms with van der Waals surface area (Å²) < 4.78 is 5.27. The number of halogens is 1. The molecule has 1 aromatic carbocycles. The fraction of sp³-hybridized carbons (Fsp3) is 0.500. The van der Waals surface area contributed by atoms with Gasteiger partial charge in [0.05, 0.1) is 18.1 Å². The van der Waals surface area contributed by atoms with E-state index in [1.807, 2.05) is 12.1 Å². The smallest absolute Gasteiger partial charge is 0.306 e. The van der Waals surface area contributed by atoms with Crippen molar-refractivity contribution in [3.05, 3.63) is 28.3 Å². The van der Waals surface area contributed by atoms with Gasteiger partial charge in [0.15, 0.2) is 0 Å². The predicted molar refractivity (Wildman–Crippen MR) is 72.6 cm³/mol. The number of benzene rings is 1. The van der Waals surface area contributed by atoms with Crippen molar-refractivity contribution in [2.24, 2.45) is 5.92 Å². The minimum atomic E-state index is -0.817. The Hall–Kier alpha value is -1.22. The second kappa shape index (κ2) is 6.10. The van der Waals surface area contributed by atoms with Crippen LogP contribution in [0.4, 0.5) is 0 Å². The van der Waals surface area contributed by atoms with Gasteiger partial charge >= 0.3 is 5.97 Å². The first-order valence-corrected chi connectivity index (χ1v) is 6.33. The van der Waals surface area contributed by atoms with E-state index < -0.39 is 11.9 Å². The Morgan fingerprint density at radius 2 is 2.00 bits per heavy atom. The van der Waals surface area contributed by atoms with Gasteiger partial charge in [-0.25, -0.2) is 0 Å². The first-order valence-electron chi connectivity index (χ1n) is 5.95. The topological polar surface area (TPSA) is 46.5 Å². The van der Waals surface area contributed by atoms with Crippen LogP contribution < -0.4 is 4.74 Å². The monoisotopic (exact) mass is 270 g/mol. The van der Waals surface area contributed by atoms with Crippen LogP contribution in [0.2, 0.25) is 5.02 Å². The molecule has 0 amide bonds. The van der Waals surface area contributed by atoms with Gasteiger partial charge in [-0.05, 0) is 29.5 Å². The fourth-order valence-electron chi connectivity index (χ4n) is 1.80. The molecule has 0 aliphatic carbocycles. The highest BCUT2D eigenvalue weighted by atomic mass is 35.5. The summed E-state index contributed by atoms with van der Waals surface area (Å²) in [7, 11) is 1.55. The SMILES string of the molecule is COc1c(Cl)cc(C(C)C)cc1CC(C)C(=O)O. The van der Waals surface area contributed by atoms with Crippen LogP contribution in [-0.4, -0.2) is 18.2 Å². The lowest BCUT2D eigenvalue weighted by Crippen LogP contribution is -2.13. The van der Waals surface area contributed by atoms with Crippen molar-refractivity contribution < 1.29 is 14.6 Å². The van der Waals surface area contributed by atoms with E-state index in [0.29, 0.717) is 23.1 Å². The third-order valence-electron chi connectivity index (χ3n) is 2.96. The summed E-state index contributed by atoms with van der Waals surface area (Å²) in [5, 5.41) is 9.52. The molecule has 0 saturated heterocycles. The molecule has 100 valence electrons. The molecule has 1 N–H and O–H groups in total. The summed E-state index contributed by atoms with van der Waals surface area (Å²) >= 11 is 6.17. The van der Waals surface area contributed by atoms with Gasteiger partial charge in [0.2, 0.25) is 0 Å². The van der Waals surface area contributed by atoms with Crippen LogP contribution in [0, 0.1) is 5.92 Å². The zero-order valence-corrected chi connectivity index (χ0v) is 11.9. The molecule has 1 unspecified atom stereocenters. The third-order valence-corrected chi connectivity index (χ3v) is 3.24. The van der Waals surface area contributed by atoms with Gasteiger partial charge in [-0.2, -0.15) is 0 Å². The van der Waals surface area contributed by atoms with Gasteiger partial charge in [-0.15, -0.1) is 0 Å². The Morgan fingerprint density at radius 1 is 1.39 bits per heavy atom. The Morgan fingerprint density at radius 3 is 2.44 bits per heavy atom. The first kappa shape index (κ1) is 14.8. The number of carbonyl (C=O) groups is 1. The molecule has 0 aliphatic rings. The fourth-order valence-corrected chi connectivity index (χ4v) is 2.13. The van der Waals surface area contributed by atoms with Gasteiger partial charge in [0, 0.05) is 0 Å². The van der Waals surface area contributed by atoms with E-state index in [2.05, 4.69) is 13.8 Å². The maximum absolute atomic E-state index is 10.9. The number of rotatable bonds is 5. The van der Waals surface area contributed by atoms with Gasteiger partial charge in [0.25, 0.3) is 0 Å². The molecule has 1 atom stereocenters. The second-order valence-corrected chi connectivity index (χ2v) is 5.20. The summed E-state index contributed by atoms with van der Waals surface area (Å²) in [5.41, 5.74) is 1.94. The number of carboxylic acids is 1. The number of aliphatic carboxylic acids is 1. The van der Waals surface area contributed by atoms with Gasteiger partial charge in [0.1, 0.15) is 5.75 Å². The molecule has 1 aromatic rings. The molecule has 0 aliphatic heterocycles. The zero-order chi connectivity index (χ0) is 13.9.